The topological polar surface area (TPSA) is 91.9 Å². The number of imidazole rings is 1. The van der Waals surface area contributed by atoms with Gasteiger partial charge in [-0.3, -0.25) is 9.88 Å². The van der Waals surface area contributed by atoms with Crippen molar-refractivity contribution >= 4 is 51.1 Å². The number of ether oxygens (including phenoxy) is 1. The van der Waals surface area contributed by atoms with Gasteiger partial charge in [-0.05, 0) is 17.5 Å². The molecule has 0 amide bonds. The van der Waals surface area contributed by atoms with Gasteiger partial charge >= 0.3 is 0 Å². The van der Waals surface area contributed by atoms with Gasteiger partial charge < -0.3 is 15.0 Å². The first-order valence-corrected chi connectivity index (χ1v) is 12.0. The lowest BCUT2D eigenvalue weighted by Gasteiger charge is -2.30. The maximum Gasteiger partial charge on any atom is 0.162 e. The summed E-state index contributed by atoms with van der Waals surface area (Å²) in [4.78, 5) is 23.9. The molecule has 1 saturated heterocycles. The molecule has 1 aliphatic heterocycles. The number of hydrogen-bond donors (Lipinski definition) is 2. The number of aromatic amines is 1. The maximum atomic E-state index is 6.63. The van der Waals surface area contributed by atoms with Crippen LogP contribution in [0.4, 0.5) is 5.82 Å². The van der Waals surface area contributed by atoms with E-state index >= 15 is 0 Å². The Morgan fingerprint density at radius 3 is 3.00 bits per heavy atom. The van der Waals surface area contributed by atoms with E-state index < -0.39 is 0 Å². The van der Waals surface area contributed by atoms with E-state index in [1.54, 1.807) is 18.1 Å². The fourth-order valence-electron chi connectivity index (χ4n) is 3.78. The van der Waals surface area contributed by atoms with Crippen molar-refractivity contribution in [3.8, 4) is 0 Å². The van der Waals surface area contributed by atoms with Crippen LogP contribution in [0.2, 0.25) is 0 Å². The summed E-state index contributed by atoms with van der Waals surface area (Å²) in [6.45, 7) is 4.01. The van der Waals surface area contributed by atoms with Gasteiger partial charge in [0.05, 0.1) is 25.0 Å². The SMILES string of the molecule is ClC(CSc1cccc2cc(CCNc3ncnc4[nH]cnc34)ncc12)N1CCOCC1. The predicted octanol–water partition coefficient (Wildman–Crippen LogP) is 3.54. The molecule has 0 spiro atoms. The summed E-state index contributed by atoms with van der Waals surface area (Å²) in [7, 11) is 0. The zero-order valence-corrected chi connectivity index (χ0v) is 19.1. The first-order chi connectivity index (χ1) is 15.8. The summed E-state index contributed by atoms with van der Waals surface area (Å²) >= 11 is 8.42. The van der Waals surface area contributed by atoms with E-state index in [4.69, 9.17) is 21.3 Å². The number of aromatic nitrogens is 5. The largest absolute Gasteiger partial charge is 0.379 e. The second-order valence-corrected chi connectivity index (χ2v) is 9.11. The lowest BCUT2D eigenvalue weighted by atomic mass is 10.1. The molecule has 1 unspecified atom stereocenters. The first-order valence-electron chi connectivity index (χ1n) is 10.6. The van der Waals surface area contributed by atoms with Crippen LogP contribution in [0.1, 0.15) is 5.69 Å². The number of benzene rings is 1. The highest BCUT2D eigenvalue weighted by atomic mass is 35.5. The Balaban J connectivity index is 1.22. The zero-order valence-electron chi connectivity index (χ0n) is 17.5. The van der Waals surface area contributed by atoms with Gasteiger partial charge in [-0.1, -0.05) is 12.1 Å². The van der Waals surface area contributed by atoms with E-state index in [2.05, 4.69) is 54.4 Å². The number of rotatable bonds is 8. The Hall–Kier alpha value is -2.46. The average Bonchev–Trinajstić information content (AvgIpc) is 3.33. The van der Waals surface area contributed by atoms with Crippen LogP contribution < -0.4 is 5.32 Å². The van der Waals surface area contributed by atoms with Gasteiger partial charge in [-0.25, -0.2) is 15.0 Å². The zero-order chi connectivity index (χ0) is 21.8. The van der Waals surface area contributed by atoms with Crippen LogP contribution in [0.25, 0.3) is 21.9 Å². The molecule has 1 aliphatic rings. The second kappa shape index (κ2) is 9.99. The number of halogens is 1. The summed E-state index contributed by atoms with van der Waals surface area (Å²) in [6.07, 6.45) is 5.91. The van der Waals surface area contributed by atoms with E-state index in [9.17, 15) is 0 Å². The molecule has 0 radical (unpaired) electrons. The normalized spacial score (nSPS) is 15.9. The highest BCUT2D eigenvalue weighted by molar-refractivity contribution is 7.99. The third-order valence-electron chi connectivity index (χ3n) is 5.49. The molecular weight excluding hydrogens is 446 g/mol. The number of H-pyrrole nitrogens is 1. The van der Waals surface area contributed by atoms with Gasteiger partial charge in [0, 0.05) is 54.0 Å². The number of anilines is 1. The molecule has 32 heavy (non-hydrogen) atoms. The van der Waals surface area contributed by atoms with Crippen LogP contribution in [0.15, 0.2) is 48.0 Å². The first kappa shape index (κ1) is 21.4. The van der Waals surface area contributed by atoms with Crippen LogP contribution in [0, 0.1) is 0 Å². The van der Waals surface area contributed by atoms with Crippen LogP contribution in [-0.4, -0.2) is 73.9 Å². The van der Waals surface area contributed by atoms with Gasteiger partial charge in [-0.15, -0.1) is 23.4 Å². The molecule has 8 nitrogen and oxygen atoms in total. The van der Waals surface area contributed by atoms with Crippen molar-refractivity contribution in [2.24, 2.45) is 0 Å². The molecule has 166 valence electrons. The van der Waals surface area contributed by atoms with Crippen molar-refractivity contribution in [3.63, 3.8) is 0 Å². The number of alkyl halides is 1. The Morgan fingerprint density at radius 2 is 2.09 bits per heavy atom. The predicted molar refractivity (Wildman–Crippen MR) is 128 cm³/mol. The molecule has 1 aromatic carbocycles. The summed E-state index contributed by atoms with van der Waals surface area (Å²) in [5.41, 5.74) is 2.50. The standard InChI is InChI=1S/C22H24ClN7OS/c23-19(30-6-8-31-9-7-30)12-32-18-3-1-2-15-10-16(25-11-17(15)18)4-5-24-21-20-22(27-13-26-20)29-14-28-21/h1-3,10-11,13-14,19H,4-9,12H2,(H2,24,26,27,28,29). The van der Waals surface area contributed by atoms with E-state index in [0.29, 0.717) is 6.54 Å². The summed E-state index contributed by atoms with van der Waals surface area (Å²) in [6, 6.07) is 8.53. The molecule has 4 heterocycles. The second-order valence-electron chi connectivity index (χ2n) is 7.55. The number of thioether (sulfide) groups is 1. The summed E-state index contributed by atoms with van der Waals surface area (Å²) in [5, 5.41) is 5.69. The number of hydrogen-bond acceptors (Lipinski definition) is 8. The van der Waals surface area contributed by atoms with Gasteiger partial charge in [0.15, 0.2) is 11.5 Å². The van der Waals surface area contributed by atoms with E-state index in [0.717, 1.165) is 66.5 Å². The van der Waals surface area contributed by atoms with Gasteiger partial charge in [-0.2, -0.15) is 0 Å². The molecule has 3 aromatic heterocycles. The Labute approximate surface area is 195 Å². The molecule has 5 rings (SSSR count). The maximum absolute atomic E-state index is 6.63. The van der Waals surface area contributed by atoms with E-state index in [1.807, 2.05) is 6.20 Å². The summed E-state index contributed by atoms with van der Waals surface area (Å²) < 4.78 is 5.42. The fraction of sp³-hybridized carbons (Fsp3) is 0.364. The third kappa shape index (κ3) is 4.80. The molecular formula is C22H24ClN7OS. The van der Waals surface area contributed by atoms with Gasteiger partial charge in [0.25, 0.3) is 0 Å². The third-order valence-corrected chi connectivity index (χ3v) is 7.25. The van der Waals surface area contributed by atoms with Gasteiger partial charge in [0.2, 0.25) is 0 Å². The highest BCUT2D eigenvalue weighted by Gasteiger charge is 2.19. The minimum absolute atomic E-state index is 0.000224. The molecule has 10 heteroatoms. The molecule has 1 fully saturated rings. The van der Waals surface area contributed by atoms with Crippen LogP contribution >= 0.6 is 23.4 Å². The van der Waals surface area contributed by atoms with E-state index in [1.165, 1.54) is 16.6 Å². The van der Waals surface area contributed by atoms with Crippen molar-refractivity contribution in [2.45, 2.75) is 16.8 Å². The minimum atomic E-state index is 0.000224. The average molecular weight is 470 g/mol. The molecule has 0 saturated carbocycles. The van der Waals surface area contributed by atoms with Crippen molar-refractivity contribution in [3.05, 3.63) is 48.8 Å². The molecule has 0 bridgehead atoms. The molecule has 0 aliphatic carbocycles. The monoisotopic (exact) mass is 469 g/mol. The van der Waals surface area contributed by atoms with Crippen molar-refractivity contribution in [1.29, 1.82) is 0 Å². The quantitative estimate of drug-likeness (QED) is 0.230. The lowest BCUT2D eigenvalue weighted by Crippen LogP contribution is -2.42. The number of morpholine rings is 1. The Morgan fingerprint density at radius 1 is 1.19 bits per heavy atom. The van der Waals surface area contributed by atoms with Crippen molar-refractivity contribution in [2.75, 3.05) is 43.9 Å². The van der Waals surface area contributed by atoms with Crippen LogP contribution in [-0.2, 0) is 11.2 Å². The molecule has 4 aromatic rings. The molecule has 1 atom stereocenters. The van der Waals surface area contributed by atoms with Crippen molar-refractivity contribution in [1.82, 2.24) is 29.8 Å². The number of nitrogens with one attached hydrogen (secondary N) is 2. The highest BCUT2D eigenvalue weighted by Crippen LogP contribution is 2.30. The number of pyridine rings is 1. The Bertz CT molecular complexity index is 1200. The fourth-order valence-corrected chi connectivity index (χ4v) is 5.19. The van der Waals surface area contributed by atoms with Crippen molar-refractivity contribution < 1.29 is 4.74 Å². The van der Waals surface area contributed by atoms with E-state index in [-0.39, 0.29) is 5.50 Å². The van der Waals surface area contributed by atoms with Crippen LogP contribution in [0.3, 0.4) is 0 Å². The molecule has 2 N–H and O–H groups in total. The minimum Gasteiger partial charge on any atom is -0.379 e. The van der Waals surface area contributed by atoms with Gasteiger partial charge in [0.1, 0.15) is 11.8 Å². The lowest BCUT2D eigenvalue weighted by molar-refractivity contribution is 0.0346. The number of fused-ring (bicyclic) bond motifs is 2. The Kier molecular flexibility index (Phi) is 6.68. The smallest absolute Gasteiger partial charge is 0.162 e. The van der Waals surface area contributed by atoms with Crippen LogP contribution in [0.5, 0.6) is 0 Å². The summed E-state index contributed by atoms with van der Waals surface area (Å²) in [5.74, 6) is 1.55. The number of nitrogens with zero attached hydrogens (tertiary/aromatic N) is 5.